The molecule has 0 saturated carbocycles. The molecule has 0 unspecified atom stereocenters. The quantitative estimate of drug-likeness (QED) is 0.680. The molecule has 0 fully saturated rings. The van der Waals surface area contributed by atoms with Gasteiger partial charge in [0.2, 0.25) is 0 Å². The maximum absolute atomic E-state index is 4.42. The third-order valence-electron chi connectivity index (χ3n) is 1.80. The van der Waals surface area contributed by atoms with Crippen LogP contribution in [-0.2, 0) is 0 Å². The van der Waals surface area contributed by atoms with Gasteiger partial charge in [0.05, 0.1) is 5.03 Å². The van der Waals surface area contributed by atoms with Gasteiger partial charge in [0.1, 0.15) is 5.65 Å². The van der Waals surface area contributed by atoms with Crippen molar-refractivity contribution in [3.8, 4) is 0 Å². The van der Waals surface area contributed by atoms with Crippen LogP contribution >= 0.6 is 11.8 Å². The highest BCUT2D eigenvalue weighted by atomic mass is 32.2. The average Bonchev–Trinajstić information content (AvgIpc) is 2.43. The summed E-state index contributed by atoms with van der Waals surface area (Å²) in [4.78, 5) is 7.63. The zero-order valence-corrected chi connectivity index (χ0v) is 7.90. The van der Waals surface area contributed by atoms with Gasteiger partial charge in [-0.3, -0.25) is 0 Å². The van der Waals surface area contributed by atoms with E-state index in [2.05, 4.69) is 22.1 Å². The number of aromatic nitrogens is 2. The summed E-state index contributed by atoms with van der Waals surface area (Å²) in [6.07, 6.45) is 2.03. The Labute approximate surface area is 75.4 Å². The smallest absolute Gasteiger partial charge is 0.138 e. The van der Waals surface area contributed by atoms with Crippen LogP contribution in [0.5, 0.6) is 0 Å². The van der Waals surface area contributed by atoms with Gasteiger partial charge >= 0.3 is 0 Å². The summed E-state index contributed by atoms with van der Waals surface area (Å²) in [6, 6.07) is 6.24. The summed E-state index contributed by atoms with van der Waals surface area (Å²) in [7, 11) is 0. The van der Waals surface area contributed by atoms with Crippen molar-refractivity contribution < 1.29 is 0 Å². The first-order valence-electron chi connectivity index (χ1n) is 3.80. The van der Waals surface area contributed by atoms with Crippen molar-refractivity contribution in [1.82, 2.24) is 9.97 Å². The lowest BCUT2D eigenvalue weighted by Crippen LogP contribution is -1.79. The number of nitrogens with zero attached hydrogens (tertiary/aromatic N) is 1. The Hall–Kier alpha value is -0.960. The Morgan fingerprint density at radius 3 is 3.00 bits per heavy atom. The number of rotatable bonds is 1. The fourth-order valence-corrected chi connectivity index (χ4v) is 1.63. The summed E-state index contributed by atoms with van der Waals surface area (Å²) in [5.41, 5.74) is 2.15. The van der Waals surface area contributed by atoms with Gasteiger partial charge in [0.15, 0.2) is 0 Å². The molecule has 0 saturated heterocycles. The fourth-order valence-electron chi connectivity index (χ4n) is 1.24. The summed E-state index contributed by atoms with van der Waals surface area (Å²) in [5.74, 6) is 0. The lowest BCUT2D eigenvalue weighted by molar-refractivity contribution is 1.15. The topological polar surface area (TPSA) is 28.7 Å². The molecule has 12 heavy (non-hydrogen) atoms. The minimum absolute atomic E-state index is 0.986. The van der Waals surface area contributed by atoms with Gasteiger partial charge in [-0.1, -0.05) is 0 Å². The van der Waals surface area contributed by atoms with E-state index in [1.54, 1.807) is 11.8 Å². The van der Waals surface area contributed by atoms with Crippen molar-refractivity contribution in [2.24, 2.45) is 0 Å². The highest BCUT2D eigenvalue weighted by molar-refractivity contribution is 7.98. The molecule has 2 aromatic rings. The second-order valence-corrected chi connectivity index (χ2v) is 3.57. The van der Waals surface area contributed by atoms with Crippen LogP contribution in [-0.4, -0.2) is 16.2 Å². The number of fused-ring (bicyclic) bond motifs is 1. The molecule has 0 spiro atoms. The van der Waals surface area contributed by atoms with Crippen LogP contribution in [0, 0.1) is 6.92 Å². The molecule has 2 aromatic heterocycles. The van der Waals surface area contributed by atoms with Gasteiger partial charge in [0.25, 0.3) is 0 Å². The third-order valence-corrected chi connectivity index (χ3v) is 2.44. The molecule has 2 heterocycles. The predicted molar refractivity (Wildman–Crippen MR) is 52.6 cm³/mol. The molecule has 0 aliphatic rings. The molecule has 0 aromatic carbocycles. The van der Waals surface area contributed by atoms with E-state index in [-0.39, 0.29) is 0 Å². The maximum atomic E-state index is 4.42. The average molecular weight is 178 g/mol. The van der Waals surface area contributed by atoms with E-state index >= 15 is 0 Å². The summed E-state index contributed by atoms with van der Waals surface area (Å²) >= 11 is 1.66. The molecule has 0 radical (unpaired) electrons. The molecular formula is C9H10N2S. The lowest BCUT2D eigenvalue weighted by Gasteiger charge is -1.93. The minimum atomic E-state index is 0.986. The molecular weight excluding hydrogens is 168 g/mol. The number of hydrogen-bond donors (Lipinski definition) is 1. The van der Waals surface area contributed by atoms with Crippen LogP contribution in [0.2, 0.25) is 0 Å². The van der Waals surface area contributed by atoms with Gasteiger partial charge in [-0.15, -0.1) is 11.8 Å². The third kappa shape index (κ3) is 1.20. The van der Waals surface area contributed by atoms with Crippen LogP contribution < -0.4 is 0 Å². The molecule has 0 amide bonds. The highest BCUT2D eigenvalue weighted by Gasteiger charge is 1.98. The van der Waals surface area contributed by atoms with Gasteiger partial charge in [-0.05, 0) is 31.4 Å². The standard InChI is InChI=1S/C9H10N2S/c1-6-5-7-3-4-8(12-2)11-9(7)10-6/h3-5H,1-2H3,(H,10,11). The Bertz CT molecular complexity index is 406. The van der Waals surface area contributed by atoms with E-state index in [0.717, 1.165) is 16.4 Å². The largest absolute Gasteiger partial charge is 0.344 e. The fraction of sp³-hybridized carbons (Fsp3) is 0.222. The SMILES string of the molecule is CSc1ccc2cc(C)[nH]c2n1. The van der Waals surface area contributed by atoms with Gasteiger partial charge in [-0.25, -0.2) is 4.98 Å². The Balaban J connectivity index is 2.66. The van der Waals surface area contributed by atoms with Crippen LogP contribution in [0.1, 0.15) is 5.69 Å². The molecule has 0 aliphatic carbocycles. The van der Waals surface area contributed by atoms with Gasteiger partial charge < -0.3 is 4.98 Å². The van der Waals surface area contributed by atoms with Gasteiger partial charge in [-0.2, -0.15) is 0 Å². The Morgan fingerprint density at radius 2 is 2.25 bits per heavy atom. The molecule has 0 aliphatic heterocycles. The first-order valence-corrected chi connectivity index (χ1v) is 5.02. The van der Waals surface area contributed by atoms with Crippen molar-refractivity contribution >= 4 is 22.8 Å². The first kappa shape index (κ1) is 7.68. The van der Waals surface area contributed by atoms with Gasteiger partial charge in [0, 0.05) is 11.1 Å². The number of aryl methyl sites for hydroxylation is 1. The maximum Gasteiger partial charge on any atom is 0.138 e. The number of thioether (sulfide) groups is 1. The van der Waals surface area contributed by atoms with Crippen LogP contribution in [0.25, 0.3) is 11.0 Å². The molecule has 1 N–H and O–H groups in total. The summed E-state index contributed by atoms with van der Waals surface area (Å²) in [6.45, 7) is 2.04. The van der Waals surface area contributed by atoms with Crippen LogP contribution in [0.4, 0.5) is 0 Å². The number of pyridine rings is 1. The second-order valence-electron chi connectivity index (χ2n) is 2.74. The molecule has 2 rings (SSSR count). The van der Waals surface area contributed by atoms with E-state index in [4.69, 9.17) is 0 Å². The first-order chi connectivity index (χ1) is 5.79. The monoisotopic (exact) mass is 178 g/mol. The van der Waals surface area contributed by atoms with Crippen LogP contribution in [0.3, 0.4) is 0 Å². The lowest BCUT2D eigenvalue weighted by atomic mass is 10.3. The van der Waals surface area contributed by atoms with Crippen molar-refractivity contribution in [1.29, 1.82) is 0 Å². The highest BCUT2D eigenvalue weighted by Crippen LogP contribution is 2.17. The van der Waals surface area contributed by atoms with Crippen molar-refractivity contribution in [3.05, 3.63) is 23.9 Å². The summed E-state index contributed by atoms with van der Waals surface area (Å²) < 4.78 is 0. The molecule has 2 nitrogen and oxygen atoms in total. The van der Waals surface area contributed by atoms with Crippen LogP contribution in [0.15, 0.2) is 23.2 Å². The van der Waals surface area contributed by atoms with E-state index in [0.29, 0.717) is 0 Å². The molecule has 62 valence electrons. The van der Waals surface area contributed by atoms with Crippen molar-refractivity contribution in [3.63, 3.8) is 0 Å². The van der Waals surface area contributed by atoms with Crippen molar-refractivity contribution in [2.45, 2.75) is 11.9 Å². The number of aromatic amines is 1. The molecule has 0 atom stereocenters. The normalized spacial score (nSPS) is 10.8. The number of hydrogen-bond acceptors (Lipinski definition) is 2. The zero-order valence-electron chi connectivity index (χ0n) is 7.09. The van der Waals surface area contributed by atoms with E-state index in [1.807, 2.05) is 19.2 Å². The molecule has 0 bridgehead atoms. The Morgan fingerprint density at radius 1 is 1.42 bits per heavy atom. The van der Waals surface area contributed by atoms with E-state index in [9.17, 15) is 0 Å². The molecule has 3 heteroatoms. The second kappa shape index (κ2) is 2.83. The predicted octanol–water partition coefficient (Wildman–Crippen LogP) is 2.59. The number of nitrogens with one attached hydrogen (secondary N) is 1. The number of H-pyrrole nitrogens is 1. The Kier molecular flexibility index (Phi) is 1.81. The minimum Gasteiger partial charge on any atom is -0.344 e. The van der Waals surface area contributed by atoms with E-state index < -0.39 is 0 Å². The van der Waals surface area contributed by atoms with Crippen molar-refractivity contribution in [2.75, 3.05) is 6.26 Å². The van der Waals surface area contributed by atoms with E-state index in [1.165, 1.54) is 5.39 Å². The zero-order chi connectivity index (χ0) is 8.55. The summed E-state index contributed by atoms with van der Waals surface area (Å²) in [5, 5.41) is 2.25.